The van der Waals surface area contributed by atoms with Gasteiger partial charge in [0.05, 0.1) is 28.4 Å². The molecule has 0 saturated carbocycles. The van der Waals surface area contributed by atoms with Gasteiger partial charge in [-0.1, -0.05) is 48.5 Å². The number of nitrogens with one attached hydrogen (secondary N) is 3. The van der Waals surface area contributed by atoms with Crippen LogP contribution in [0.2, 0.25) is 0 Å². The highest BCUT2D eigenvalue weighted by Crippen LogP contribution is 2.33. The molecule has 0 spiro atoms. The molecule has 228 valence electrons. The molecule has 16 heteroatoms. The summed E-state index contributed by atoms with van der Waals surface area (Å²) >= 11 is 0. The number of amides is 1. The number of fused-ring (bicyclic) bond motifs is 1. The molecule has 5 rings (SSSR count). The van der Waals surface area contributed by atoms with E-state index in [1.165, 1.54) is 12.1 Å². The van der Waals surface area contributed by atoms with Gasteiger partial charge in [-0.15, -0.1) is 0 Å². The van der Waals surface area contributed by atoms with E-state index in [9.17, 15) is 34.8 Å². The highest BCUT2D eigenvalue weighted by atomic mass is 32.2. The Morgan fingerprint density at radius 2 is 1.72 bits per heavy atom. The molecule has 1 saturated heterocycles. The van der Waals surface area contributed by atoms with Crippen LogP contribution in [0, 0.1) is 6.92 Å². The summed E-state index contributed by atoms with van der Waals surface area (Å²) in [6.07, 6.45) is -4.94. The monoisotopic (exact) mass is 638 g/mol. The van der Waals surface area contributed by atoms with Crippen molar-refractivity contribution in [3.8, 4) is 0 Å². The minimum absolute atomic E-state index is 0.124. The first-order valence-electron chi connectivity index (χ1n) is 12.5. The number of H-pyrrole nitrogens is 1. The highest BCUT2D eigenvalue weighted by Gasteiger charge is 2.39. The third-order valence-electron chi connectivity index (χ3n) is 6.45. The van der Waals surface area contributed by atoms with Crippen molar-refractivity contribution in [3.05, 3.63) is 95.3 Å². The third kappa shape index (κ3) is 7.57. The first kappa shape index (κ1) is 31.7. The van der Waals surface area contributed by atoms with E-state index >= 15 is 0 Å². The summed E-state index contributed by atoms with van der Waals surface area (Å²) in [6, 6.07) is 20.1. The number of rotatable bonds is 7. The molecule has 4 aromatic rings. The number of carbonyl (C=O) groups is 2. The zero-order chi connectivity index (χ0) is 31.6. The van der Waals surface area contributed by atoms with E-state index in [-0.39, 0.29) is 17.7 Å². The van der Waals surface area contributed by atoms with Crippen molar-refractivity contribution in [2.75, 3.05) is 0 Å². The number of sulfonamides is 2. The van der Waals surface area contributed by atoms with Gasteiger partial charge in [-0.05, 0) is 54.3 Å². The molecule has 1 aromatic heterocycles. The maximum absolute atomic E-state index is 13.2. The predicted molar refractivity (Wildman–Crippen MR) is 149 cm³/mol. The van der Waals surface area contributed by atoms with Crippen molar-refractivity contribution in [1.82, 2.24) is 19.4 Å². The number of nitrogens with zero attached hydrogens (tertiary/aromatic N) is 1. The minimum Gasteiger partial charge on any atom is -0.475 e. The quantitative estimate of drug-likeness (QED) is 0.237. The van der Waals surface area contributed by atoms with Crippen LogP contribution in [0.15, 0.2) is 77.7 Å². The van der Waals surface area contributed by atoms with E-state index in [1.807, 2.05) is 35.1 Å². The molecule has 0 radical (unpaired) electrons. The van der Waals surface area contributed by atoms with Gasteiger partial charge in [-0.3, -0.25) is 9.52 Å². The largest absolute Gasteiger partial charge is 0.490 e. The van der Waals surface area contributed by atoms with Crippen LogP contribution in [0.3, 0.4) is 0 Å². The van der Waals surface area contributed by atoms with Crippen LogP contribution in [0.25, 0.3) is 11.0 Å². The SMILES string of the molecule is Cc1cc(C[C@H](NS(=O)(=O)c2ccccc2)c2nc3ccccc3[nH]2)ccc1[C@H]1CC(=O)NS1(=O)=O.O=C(O)C(F)(F)F. The predicted octanol–water partition coefficient (Wildman–Crippen LogP) is 3.66. The van der Waals surface area contributed by atoms with Gasteiger partial charge in [0, 0.05) is 0 Å². The van der Waals surface area contributed by atoms with Crippen LogP contribution in [0.4, 0.5) is 13.2 Å². The Hall–Kier alpha value is -4.28. The van der Waals surface area contributed by atoms with Crippen molar-refractivity contribution in [3.63, 3.8) is 0 Å². The normalized spacial score (nSPS) is 17.1. The lowest BCUT2D eigenvalue weighted by atomic mass is 9.97. The number of hydrogen-bond acceptors (Lipinski definition) is 7. The number of aromatic amines is 1. The number of aryl methyl sites for hydroxylation is 1. The van der Waals surface area contributed by atoms with Crippen LogP contribution in [-0.4, -0.2) is 50.0 Å². The summed E-state index contributed by atoms with van der Waals surface area (Å²) in [5.41, 5.74) is 3.53. The zero-order valence-corrected chi connectivity index (χ0v) is 23.9. The minimum atomic E-state index is -5.08. The summed E-state index contributed by atoms with van der Waals surface area (Å²) in [7, 11) is -7.62. The number of hydrogen-bond donors (Lipinski definition) is 4. The number of aromatic nitrogens is 2. The van der Waals surface area contributed by atoms with Crippen molar-refractivity contribution in [2.24, 2.45) is 0 Å². The molecular weight excluding hydrogens is 613 g/mol. The molecule has 11 nitrogen and oxygen atoms in total. The molecule has 1 aliphatic heterocycles. The molecule has 1 aliphatic rings. The molecule has 43 heavy (non-hydrogen) atoms. The van der Waals surface area contributed by atoms with Crippen molar-refractivity contribution in [1.29, 1.82) is 0 Å². The molecule has 1 fully saturated rings. The standard InChI is InChI=1S/C25H24N4O5S2.C2HF3O2/c1-16-13-17(11-12-19(16)23-15-24(30)29-36(23,33)34)14-22(25-26-20-9-5-6-10-21(20)27-25)28-35(31,32)18-7-3-2-4-8-18;3-2(4,5)1(6)7/h2-13,22-23,28H,14-15H2,1H3,(H,26,27)(H,29,30);(H,6,7)/t22-,23+;/m0./s1. The first-order valence-corrected chi connectivity index (χ1v) is 15.6. The molecule has 2 atom stereocenters. The Bertz CT molecular complexity index is 1840. The van der Waals surface area contributed by atoms with Gasteiger partial charge in [0.2, 0.25) is 26.0 Å². The third-order valence-corrected chi connectivity index (χ3v) is 9.62. The summed E-state index contributed by atoms with van der Waals surface area (Å²) in [5, 5.41) is 6.18. The van der Waals surface area contributed by atoms with Gasteiger partial charge in [0.1, 0.15) is 11.1 Å². The number of aliphatic carboxylic acids is 1. The maximum atomic E-state index is 13.2. The van der Waals surface area contributed by atoms with E-state index in [1.54, 1.807) is 37.3 Å². The Morgan fingerprint density at radius 3 is 2.28 bits per heavy atom. The van der Waals surface area contributed by atoms with Crippen LogP contribution in [0.1, 0.15) is 40.2 Å². The van der Waals surface area contributed by atoms with Crippen LogP contribution < -0.4 is 9.44 Å². The maximum Gasteiger partial charge on any atom is 0.490 e. The fourth-order valence-electron chi connectivity index (χ4n) is 4.48. The van der Waals surface area contributed by atoms with Gasteiger partial charge in [0.15, 0.2) is 0 Å². The van der Waals surface area contributed by atoms with Crippen LogP contribution >= 0.6 is 0 Å². The number of carbonyl (C=O) groups excluding carboxylic acids is 1. The Kier molecular flexibility index (Phi) is 8.94. The average Bonchev–Trinajstić information content (AvgIpc) is 3.48. The topological polar surface area (TPSA) is 175 Å². The molecule has 0 bridgehead atoms. The van der Waals surface area contributed by atoms with Gasteiger partial charge in [0.25, 0.3) is 0 Å². The Morgan fingerprint density at radius 1 is 1.09 bits per heavy atom. The second-order valence-electron chi connectivity index (χ2n) is 9.59. The molecule has 0 unspecified atom stereocenters. The van der Waals surface area contributed by atoms with Crippen molar-refractivity contribution >= 4 is 43.0 Å². The fraction of sp³-hybridized carbons (Fsp3) is 0.222. The molecule has 0 aliphatic carbocycles. The van der Waals surface area contributed by atoms with E-state index in [4.69, 9.17) is 9.90 Å². The summed E-state index contributed by atoms with van der Waals surface area (Å²) in [4.78, 5) is 28.5. The second kappa shape index (κ2) is 12.1. The van der Waals surface area contributed by atoms with Gasteiger partial charge < -0.3 is 10.1 Å². The fourth-order valence-corrected chi connectivity index (χ4v) is 7.21. The van der Waals surface area contributed by atoms with Gasteiger partial charge in [-0.25, -0.2) is 31.3 Å². The number of para-hydroxylation sites is 2. The second-order valence-corrected chi connectivity index (χ2v) is 13.2. The number of halogens is 3. The Balaban J connectivity index is 0.000000541. The molecule has 2 heterocycles. The van der Waals surface area contributed by atoms with E-state index in [0.717, 1.165) is 11.1 Å². The van der Waals surface area contributed by atoms with E-state index in [2.05, 4.69) is 14.7 Å². The number of alkyl halides is 3. The van der Waals surface area contributed by atoms with Gasteiger partial charge in [-0.2, -0.15) is 13.2 Å². The molecular formula is C27H25F3N4O7S2. The lowest BCUT2D eigenvalue weighted by Gasteiger charge is -2.19. The lowest BCUT2D eigenvalue weighted by Crippen LogP contribution is -2.31. The number of carboxylic acids is 1. The number of benzene rings is 3. The van der Waals surface area contributed by atoms with Crippen molar-refractivity contribution in [2.45, 2.75) is 42.1 Å². The highest BCUT2D eigenvalue weighted by molar-refractivity contribution is 7.90. The summed E-state index contributed by atoms with van der Waals surface area (Å²) in [6.45, 7) is 1.78. The van der Waals surface area contributed by atoms with Crippen LogP contribution in [0.5, 0.6) is 0 Å². The number of carboxylic acid groups (broad SMARTS) is 1. The average molecular weight is 639 g/mol. The lowest BCUT2D eigenvalue weighted by molar-refractivity contribution is -0.192. The summed E-state index contributed by atoms with van der Waals surface area (Å²) in [5.74, 6) is -2.82. The molecule has 4 N–H and O–H groups in total. The van der Waals surface area contributed by atoms with Gasteiger partial charge >= 0.3 is 12.1 Å². The van der Waals surface area contributed by atoms with Crippen molar-refractivity contribution < 1.29 is 44.7 Å². The Labute approximate surface area is 244 Å². The zero-order valence-electron chi connectivity index (χ0n) is 22.3. The smallest absolute Gasteiger partial charge is 0.475 e. The summed E-state index contributed by atoms with van der Waals surface area (Å²) < 4.78 is 87.5. The van der Waals surface area contributed by atoms with E-state index < -0.39 is 49.4 Å². The molecule has 1 amide bonds. The first-order chi connectivity index (χ1) is 20.1. The van der Waals surface area contributed by atoms with Crippen LogP contribution in [-0.2, 0) is 36.1 Å². The van der Waals surface area contributed by atoms with E-state index in [0.29, 0.717) is 22.5 Å². The number of imidazole rings is 1. The molecule has 3 aromatic carbocycles.